The number of hydrogen-bond acceptors (Lipinski definition) is 9. The standard InChI is InChI=1S/C29H29FN6O5/c1-29(14-23-33-26-25(34-27(41-26)28(37)38)36(23)16-20-7-12-39-20)8-10-35(11-9-29)22-3-2-4-24(32-22)40-17-19-6-5-18(15-31)13-21(19)30/h2-6,13,20H,7-12,14,16-17H2,1H3,(H,37,38)/t20-/m0/s1. The molecular weight excluding hydrogens is 531 g/mol. The summed E-state index contributed by atoms with van der Waals surface area (Å²) >= 11 is 0. The number of hydrogen-bond donors (Lipinski definition) is 1. The predicted molar refractivity (Wildman–Crippen MR) is 144 cm³/mol. The Morgan fingerprint density at radius 2 is 2.05 bits per heavy atom. The van der Waals surface area contributed by atoms with Gasteiger partial charge in [-0.15, -0.1) is 0 Å². The van der Waals surface area contributed by atoms with Gasteiger partial charge in [0.05, 0.1) is 24.3 Å². The molecule has 2 aliphatic rings. The molecule has 0 radical (unpaired) electrons. The lowest BCUT2D eigenvalue weighted by atomic mass is 9.77. The monoisotopic (exact) mass is 560 g/mol. The molecule has 6 rings (SSSR count). The smallest absolute Gasteiger partial charge is 0.392 e. The molecule has 3 aromatic heterocycles. The largest absolute Gasteiger partial charge is 0.474 e. The molecule has 2 saturated heterocycles. The second kappa shape index (κ2) is 10.8. The Balaban J connectivity index is 1.11. The van der Waals surface area contributed by atoms with Gasteiger partial charge in [0.15, 0.2) is 0 Å². The Labute approximate surface area is 235 Å². The van der Waals surface area contributed by atoms with E-state index in [9.17, 15) is 14.3 Å². The maximum absolute atomic E-state index is 14.2. The number of nitriles is 1. The summed E-state index contributed by atoms with van der Waals surface area (Å²) in [5, 5.41) is 18.2. The van der Waals surface area contributed by atoms with Crippen molar-refractivity contribution in [1.29, 1.82) is 5.26 Å². The lowest BCUT2D eigenvalue weighted by Crippen LogP contribution is -2.40. The number of carboxylic acids is 1. The Bertz CT molecular complexity index is 1630. The van der Waals surface area contributed by atoms with Crippen LogP contribution in [0.2, 0.25) is 0 Å². The van der Waals surface area contributed by atoms with Gasteiger partial charge in [0.25, 0.3) is 5.71 Å². The number of aromatic nitrogens is 4. The maximum Gasteiger partial charge on any atom is 0.392 e. The minimum absolute atomic E-state index is 0.0102. The molecule has 12 heteroatoms. The highest BCUT2D eigenvalue weighted by Crippen LogP contribution is 2.37. The van der Waals surface area contributed by atoms with Crippen molar-refractivity contribution < 1.29 is 28.2 Å². The molecule has 0 spiro atoms. The van der Waals surface area contributed by atoms with E-state index in [1.807, 2.05) is 22.8 Å². The van der Waals surface area contributed by atoms with Crippen molar-refractivity contribution in [2.75, 3.05) is 24.6 Å². The zero-order valence-electron chi connectivity index (χ0n) is 22.5. The van der Waals surface area contributed by atoms with Gasteiger partial charge >= 0.3 is 11.9 Å². The van der Waals surface area contributed by atoms with Gasteiger partial charge in [-0.25, -0.2) is 9.18 Å². The van der Waals surface area contributed by atoms with Gasteiger partial charge in [-0.05, 0) is 42.9 Å². The predicted octanol–water partition coefficient (Wildman–Crippen LogP) is 4.35. The average Bonchev–Trinajstić information content (AvgIpc) is 3.48. The molecule has 212 valence electrons. The first-order valence-electron chi connectivity index (χ1n) is 13.5. The summed E-state index contributed by atoms with van der Waals surface area (Å²) in [5.74, 6) is -0.0649. The fourth-order valence-corrected chi connectivity index (χ4v) is 5.28. The summed E-state index contributed by atoms with van der Waals surface area (Å²) in [5.41, 5.74) is 1.25. The molecule has 0 amide bonds. The zero-order valence-corrected chi connectivity index (χ0v) is 22.5. The maximum atomic E-state index is 14.2. The number of benzene rings is 1. The lowest BCUT2D eigenvalue weighted by Gasteiger charge is -2.40. The van der Waals surface area contributed by atoms with Crippen LogP contribution in [-0.2, 0) is 24.3 Å². The van der Waals surface area contributed by atoms with Gasteiger partial charge < -0.3 is 28.5 Å². The molecule has 0 aliphatic carbocycles. The minimum Gasteiger partial charge on any atom is -0.474 e. The summed E-state index contributed by atoms with van der Waals surface area (Å²) in [6, 6.07) is 11.8. The van der Waals surface area contributed by atoms with Gasteiger partial charge in [0.2, 0.25) is 11.5 Å². The third kappa shape index (κ3) is 5.58. The van der Waals surface area contributed by atoms with Crippen LogP contribution in [0, 0.1) is 22.6 Å². The van der Waals surface area contributed by atoms with E-state index in [0.717, 1.165) is 50.6 Å². The van der Waals surface area contributed by atoms with E-state index >= 15 is 0 Å². The Morgan fingerprint density at radius 3 is 2.73 bits per heavy atom. The number of oxazole rings is 1. The molecule has 0 saturated carbocycles. The summed E-state index contributed by atoms with van der Waals surface area (Å²) in [4.78, 5) is 27.0. The number of fused-ring (bicyclic) bond motifs is 1. The van der Waals surface area contributed by atoms with E-state index < -0.39 is 11.8 Å². The van der Waals surface area contributed by atoms with Gasteiger partial charge in [0.1, 0.15) is 24.1 Å². The number of rotatable bonds is 9. The van der Waals surface area contributed by atoms with E-state index in [-0.39, 0.29) is 35.3 Å². The number of piperidine rings is 1. The molecular formula is C29H29FN6O5. The number of pyridine rings is 1. The van der Waals surface area contributed by atoms with Crippen LogP contribution in [0.25, 0.3) is 11.4 Å². The third-order valence-electron chi connectivity index (χ3n) is 7.90. The molecule has 2 fully saturated rings. The number of ether oxygens (including phenoxy) is 2. The van der Waals surface area contributed by atoms with Crippen LogP contribution in [-0.4, -0.2) is 56.4 Å². The fraction of sp³-hybridized carbons (Fsp3) is 0.414. The Hall–Kier alpha value is -4.50. The van der Waals surface area contributed by atoms with Gasteiger partial charge in [-0.2, -0.15) is 20.2 Å². The van der Waals surface area contributed by atoms with Crippen LogP contribution < -0.4 is 9.64 Å². The van der Waals surface area contributed by atoms with Crippen molar-refractivity contribution in [2.45, 2.75) is 51.9 Å². The van der Waals surface area contributed by atoms with Crippen molar-refractivity contribution in [3.05, 3.63) is 65.1 Å². The van der Waals surface area contributed by atoms with E-state index in [0.29, 0.717) is 30.1 Å². The Kier molecular flexibility index (Phi) is 7.05. The highest BCUT2D eigenvalue weighted by atomic mass is 19.1. The van der Waals surface area contributed by atoms with Gasteiger partial charge in [-0.1, -0.05) is 19.1 Å². The molecule has 11 nitrogen and oxygen atoms in total. The van der Waals surface area contributed by atoms with Crippen molar-refractivity contribution in [2.24, 2.45) is 5.41 Å². The highest BCUT2D eigenvalue weighted by molar-refractivity contribution is 5.85. The zero-order chi connectivity index (χ0) is 28.6. The van der Waals surface area contributed by atoms with Crippen molar-refractivity contribution in [3.63, 3.8) is 0 Å². The van der Waals surface area contributed by atoms with Crippen LogP contribution in [0.15, 0.2) is 40.8 Å². The van der Waals surface area contributed by atoms with E-state index in [2.05, 4.69) is 26.8 Å². The van der Waals surface area contributed by atoms with Crippen molar-refractivity contribution in [1.82, 2.24) is 19.5 Å². The van der Waals surface area contributed by atoms with Crippen LogP contribution in [0.3, 0.4) is 0 Å². The molecule has 1 N–H and O–H groups in total. The summed E-state index contributed by atoms with van der Waals surface area (Å²) in [6.07, 6.45) is 3.46. The summed E-state index contributed by atoms with van der Waals surface area (Å²) in [6.45, 7) is 5.08. The third-order valence-corrected chi connectivity index (χ3v) is 7.90. The van der Waals surface area contributed by atoms with Gasteiger partial charge in [-0.3, -0.25) is 0 Å². The number of nitrogens with zero attached hydrogens (tertiary/aromatic N) is 6. The van der Waals surface area contributed by atoms with Crippen LogP contribution in [0.5, 0.6) is 5.88 Å². The number of carboxylic acid groups (broad SMARTS) is 1. The van der Waals surface area contributed by atoms with E-state index in [4.69, 9.17) is 19.2 Å². The second-order valence-electron chi connectivity index (χ2n) is 10.9. The number of aromatic carboxylic acids is 1. The SMILES string of the molecule is CC1(Cc2nc3oc(C(=O)O)nc3n2C[C@@H]2CCO2)CCN(c2cccc(OCc3ccc(C#N)cc3F)n2)CC1. The normalized spacial score (nSPS) is 18.2. The molecule has 41 heavy (non-hydrogen) atoms. The first-order valence-corrected chi connectivity index (χ1v) is 13.5. The summed E-state index contributed by atoms with van der Waals surface area (Å²) < 4.78 is 33.0. The molecule has 5 heterocycles. The molecule has 2 aliphatic heterocycles. The van der Waals surface area contributed by atoms with Crippen LogP contribution in [0.4, 0.5) is 10.2 Å². The van der Waals surface area contributed by atoms with Crippen molar-refractivity contribution in [3.8, 4) is 11.9 Å². The number of imidazole rings is 1. The quantitative estimate of drug-likeness (QED) is 0.314. The number of halogens is 1. The molecule has 1 aromatic carbocycles. The topological polar surface area (TPSA) is 140 Å². The lowest BCUT2D eigenvalue weighted by molar-refractivity contribution is -0.0592. The fourth-order valence-electron chi connectivity index (χ4n) is 5.28. The molecule has 0 unspecified atom stereocenters. The van der Waals surface area contributed by atoms with E-state index in [1.54, 1.807) is 18.2 Å². The van der Waals surface area contributed by atoms with Crippen LogP contribution in [0.1, 0.15) is 53.8 Å². The van der Waals surface area contributed by atoms with E-state index in [1.165, 1.54) is 6.07 Å². The van der Waals surface area contributed by atoms with Crippen LogP contribution >= 0.6 is 0 Å². The molecule has 0 bridgehead atoms. The number of carbonyl (C=O) groups is 1. The average molecular weight is 561 g/mol. The van der Waals surface area contributed by atoms with Crippen molar-refractivity contribution >= 4 is 23.1 Å². The summed E-state index contributed by atoms with van der Waals surface area (Å²) in [7, 11) is 0. The Morgan fingerprint density at radius 1 is 1.24 bits per heavy atom. The number of anilines is 1. The second-order valence-corrected chi connectivity index (χ2v) is 10.9. The molecule has 4 aromatic rings. The first kappa shape index (κ1) is 26.7. The first-order chi connectivity index (χ1) is 19.8. The van der Waals surface area contributed by atoms with Gasteiger partial charge in [0, 0.05) is 37.7 Å². The molecule has 1 atom stereocenters. The minimum atomic E-state index is -1.22. The highest BCUT2D eigenvalue weighted by Gasteiger charge is 2.34.